The zero-order valence-electron chi connectivity index (χ0n) is 8.12. The van der Waals surface area contributed by atoms with E-state index in [4.69, 9.17) is 5.73 Å². The highest BCUT2D eigenvalue weighted by Gasteiger charge is 2.17. The molecule has 1 atom stereocenters. The first-order valence-electron chi connectivity index (χ1n) is 4.27. The fraction of sp³-hybridized carbons (Fsp3) is 0.375. The van der Waals surface area contributed by atoms with Crippen LogP contribution in [0, 0.1) is 0 Å². The Kier molecular flexibility index (Phi) is 2.05. The van der Waals surface area contributed by atoms with Crippen LogP contribution in [0.1, 0.15) is 17.7 Å². The summed E-state index contributed by atoms with van der Waals surface area (Å²) in [6.07, 6.45) is 5.05. The van der Waals surface area contributed by atoms with Gasteiger partial charge in [0.05, 0.1) is 0 Å². The van der Waals surface area contributed by atoms with E-state index in [1.165, 1.54) is 6.33 Å². The second-order valence-corrected chi connectivity index (χ2v) is 3.12. The fourth-order valence-electron chi connectivity index (χ4n) is 1.38. The number of aromatic nitrogens is 5. The molecule has 1 unspecified atom stereocenters. The van der Waals surface area contributed by atoms with Crippen LogP contribution < -0.4 is 5.73 Å². The molecule has 0 aliphatic rings. The van der Waals surface area contributed by atoms with Gasteiger partial charge in [0.1, 0.15) is 18.2 Å². The maximum atomic E-state index is 6.00. The van der Waals surface area contributed by atoms with Crippen molar-refractivity contribution in [1.82, 2.24) is 24.3 Å². The van der Waals surface area contributed by atoms with E-state index in [-0.39, 0.29) is 6.04 Å². The van der Waals surface area contributed by atoms with Crippen molar-refractivity contribution in [3.63, 3.8) is 0 Å². The van der Waals surface area contributed by atoms with Crippen LogP contribution in [-0.4, -0.2) is 24.3 Å². The first-order valence-corrected chi connectivity index (χ1v) is 4.27. The first kappa shape index (κ1) is 8.89. The maximum Gasteiger partial charge on any atom is 0.151 e. The quantitative estimate of drug-likeness (QED) is 0.702. The molecular formula is C8H12N6. The summed E-state index contributed by atoms with van der Waals surface area (Å²) in [5.74, 6) is 1.49. The van der Waals surface area contributed by atoms with Crippen molar-refractivity contribution < 1.29 is 0 Å². The van der Waals surface area contributed by atoms with Gasteiger partial charge in [-0.25, -0.2) is 9.97 Å². The summed E-state index contributed by atoms with van der Waals surface area (Å²) in [6, 6.07) is -0.331. The Morgan fingerprint density at radius 1 is 1.29 bits per heavy atom. The molecule has 0 aliphatic heterocycles. The van der Waals surface area contributed by atoms with Crippen molar-refractivity contribution in [2.24, 2.45) is 19.8 Å². The molecule has 2 N–H and O–H groups in total. The van der Waals surface area contributed by atoms with E-state index in [0.29, 0.717) is 5.82 Å². The zero-order valence-corrected chi connectivity index (χ0v) is 8.12. The van der Waals surface area contributed by atoms with E-state index < -0.39 is 0 Å². The van der Waals surface area contributed by atoms with Gasteiger partial charge in [0, 0.05) is 26.5 Å². The second-order valence-electron chi connectivity index (χ2n) is 3.12. The van der Waals surface area contributed by atoms with Crippen LogP contribution in [0.2, 0.25) is 0 Å². The smallest absolute Gasteiger partial charge is 0.151 e. The molecule has 0 bridgehead atoms. The molecule has 2 heterocycles. The molecule has 0 spiro atoms. The summed E-state index contributed by atoms with van der Waals surface area (Å²) >= 11 is 0. The topological polar surface area (TPSA) is 74.6 Å². The van der Waals surface area contributed by atoms with Gasteiger partial charge in [0.2, 0.25) is 0 Å². The van der Waals surface area contributed by atoms with Crippen LogP contribution in [0.25, 0.3) is 0 Å². The Morgan fingerprint density at radius 2 is 2.07 bits per heavy atom. The van der Waals surface area contributed by atoms with Crippen molar-refractivity contribution in [2.45, 2.75) is 6.04 Å². The van der Waals surface area contributed by atoms with E-state index in [1.807, 2.05) is 24.9 Å². The van der Waals surface area contributed by atoms with Crippen molar-refractivity contribution in [3.8, 4) is 0 Å². The van der Waals surface area contributed by atoms with Gasteiger partial charge >= 0.3 is 0 Å². The lowest BCUT2D eigenvalue weighted by atomic mass is 10.3. The third-order valence-corrected chi connectivity index (χ3v) is 2.16. The van der Waals surface area contributed by atoms with Gasteiger partial charge in [0.15, 0.2) is 5.82 Å². The van der Waals surface area contributed by atoms with Gasteiger partial charge in [-0.3, -0.25) is 4.68 Å². The number of hydrogen-bond acceptors (Lipinski definition) is 4. The van der Waals surface area contributed by atoms with Crippen molar-refractivity contribution in [1.29, 1.82) is 0 Å². The van der Waals surface area contributed by atoms with E-state index in [0.717, 1.165) is 5.82 Å². The number of aryl methyl sites for hydroxylation is 2. The fourth-order valence-corrected chi connectivity index (χ4v) is 1.38. The zero-order chi connectivity index (χ0) is 10.1. The average molecular weight is 192 g/mol. The highest BCUT2D eigenvalue weighted by atomic mass is 15.3. The molecule has 2 rings (SSSR count). The minimum Gasteiger partial charge on any atom is -0.336 e. The molecule has 0 fully saturated rings. The second kappa shape index (κ2) is 3.22. The first-order chi connectivity index (χ1) is 6.70. The molecule has 0 aliphatic carbocycles. The van der Waals surface area contributed by atoms with Crippen LogP contribution in [0.3, 0.4) is 0 Å². The molecule has 14 heavy (non-hydrogen) atoms. The Labute approximate surface area is 81.4 Å². The standard InChI is InChI=1S/C8H12N6/c1-13-4-3-10-7(13)6(9)8-11-5-12-14(8)2/h3-6H,9H2,1-2H3. The average Bonchev–Trinajstić information content (AvgIpc) is 2.73. The van der Waals surface area contributed by atoms with Crippen LogP contribution >= 0.6 is 0 Å². The predicted molar refractivity (Wildman–Crippen MR) is 50.2 cm³/mol. The van der Waals surface area contributed by atoms with Gasteiger partial charge < -0.3 is 10.3 Å². The molecule has 2 aromatic heterocycles. The Hall–Kier alpha value is -1.69. The van der Waals surface area contributed by atoms with Gasteiger partial charge in [-0.05, 0) is 0 Å². The van der Waals surface area contributed by atoms with Crippen molar-refractivity contribution in [2.75, 3.05) is 0 Å². The predicted octanol–water partition coefficient (Wildman–Crippen LogP) is -0.403. The summed E-state index contributed by atoms with van der Waals surface area (Å²) in [5.41, 5.74) is 6.00. The van der Waals surface area contributed by atoms with Crippen LogP contribution in [0.4, 0.5) is 0 Å². The lowest BCUT2D eigenvalue weighted by Crippen LogP contribution is -2.20. The van der Waals surface area contributed by atoms with Crippen molar-refractivity contribution >= 4 is 0 Å². The summed E-state index contributed by atoms with van der Waals surface area (Å²) in [5, 5.41) is 3.97. The van der Waals surface area contributed by atoms with Gasteiger partial charge in [0.25, 0.3) is 0 Å². The normalized spacial score (nSPS) is 13.1. The largest absolute Gasteiger partial charge is 0.336 e. The molecule has 0 amide bonds. The maximum absolute atomic E-state index is 6.00. The summed E-state index contributed by atoms with van der Waals surface area (Å²) in [4.78, 5) is 8.26. The molecule has 74 valence electrons. The molecular weight excluding hydrogens is 180 g/mol. The van der Waals surface area contributed by atoms with Gasteiger partial charge in [-0.15, -0.1) is 0 Å². The van der Waals surface area contributed by atoms with Gasteiger partial charge in [-0.1, -0.05) is 0 Å². The molecule has 0 radical (unpaired) electrons. The monoisotopic (exact) mass is 192 g/mol. The Bertz CT molecular complexity index is 388. The number of rotatable bonds is 2. The lowest BCUT2D eigenvalue weighted by Gasteiger charge is -2.09. The number of nitrogens with zero attached hydrogens (tertiary/aromatic N) is 5. The van der Waals surface area contributed by atoms with Crippen LogP contribution in [0.5, 0.6) is 0 Å². The van der Waals surface area contributed by atoms with Crippen LogP contribution in [0.15, 0.2) is 18.7 Å². The van der Waals surface area contributed by atoms with E-state index in [9.17, 15) is 0 Å². The lowest BCUT2D eigenvalue weighted by molar-refractivity contribution is 0.618. The minimum absolute atomic E-state index is 0.331. The van der Waals surface area contributed by atoms with Crippen molar-refractivity contribution in [3.05, 3.63) is 30.4 Å². The Balaban J connectivity index is 2.38. The number of hydrogen-bond donors (Lipinski definition) is 1. The molecule has 6 nitrogen and oxygen atoms in total. The highest BCUT2D eigenvalue weighted by Crippen LogP contribution is 2.13. The highest BCUT2D eigenvalue weighted by molar-refractivity contribution is 5.09. The summed E-state index contributed by atoms with van der Waals surface area (Å²) < 4.78 is 3.53. The molecule has 0 aromatic carbocycles. The third kappa shape index (κ3) is 1.29. The third-order valence-electron chi connectivity index (χ3n) is 2.16. The van der Waals surface area contributed by atoms with E-state index in [1.54, 1.807) is 10.9 Å². The Morgan fingerprint density at radius 3 is 2.57 bits per heavy atom. The molecule has 0 saturated heterocycles. The SMILES string of the molecule is Cn1ccnc1C(N)c1ncnn1C. The molecule has 0 saturated carbocycles. The van der Waals surface area contributed by atoms with E-state index in [2.05, 4.69) is 15.1 Å². The summed E-state index contributed by atoms with van der Waals surface area (Å²) in [6.45, 7) is 0. The summed E-state index contributed by atoms with van der Waals surface area (Å²) in [7, 11) is 3.71. The number of imidazole rings is 1. The van der Waals surface area contributed by atoms with E-state index >= 15 is 0 Å². The minimum atomic E-state index is -0.331. The van der Waals surface area contributed by atoms with Gasteiger partial charge in [-0.2, -0.15) is 5.10 Å². The number of nitrogens with two attached hydrogens (primary N) is 1. The molecule has 2 aromatic rings. The molecule has 6 heteroatoms. The van der Waals surface area contributed by atoms with Crippen LogP contribution in [-0.2, 0) is 14.1 Å².